The van der Waals surface area contributed by atoms with Crippen LogP contribution < -0.4 is 5.32 Å². The van der Waals surface area contributed by atoms with Gasteiger partial charge in [-0.25, -0.2) is 5.11 Å². The molecule has 0 aliphatic rings. The van der Waals surface area contributed by atoms with Crippen LogP contribution in [0.5, 0.6) is 0 Å². The third kappa shape index (κ3) is 3.92. The van der Waals surface area contributed by atoms with E-state index in [0.29, 0.717) is 6.04 Å². The second-order valence-corrected chi connectivity index (χ2v) is 1.50. The maximum absolute atomic E-state index is 9.63. The molecule has 2 heteroatoms. The van der Waals surface area contributed by atoms with E-state index >= 15 is 0 Å². The standard InChI is InChI=1S/C4H10NO/c1-4(2)5-3-6/h4-5H,3H2,1-2H3. The number of nitrogens with one attached hydrogen (secondary N) is 1. The van der Waals surface area contributed by atoms with Gasteiger partial charge in [-0.1, -0.05) is 0 Å². The van der Waals surface area contributed by atoms with Crippen LogP contribution in [0.15, 0.2) is 0 Å². The highest BCUT2D eigenvalue weighted by molar-refractivity contribution is 4.43. The molecule has 2 nitrogen and oxygen atoms in total. The van der Waals surface area contributed by atoms with Gasteiger partial charge >= 0.3 is 0 Å². The average Bonchev–Trinajstić information content (AvgIpc) is 1.35. The van der Waals surface area contributed by atoms with Gasteiger partial charge in [-0.3, -0.25) is 5.32 Å². The van der Waals surface area contributed by atoms with Crippen molar-refractivity contribution in [1.29, 1.82) is 0 Å². The summed E-state index contributed by atoms with van der Waals surface area (Å²) in [6, 6.07) is 0.336. The van der Waals surface area contributed by atoms with E-state index in [1.807, 2.05) is 13.8 Å². The highest BCUT2D eigenvalue weighted by Crippen LogP contribution is 1.69. The molecule has 0 rings (SSSR count). The van der Waals surface area contributed by atoms with E-state index in [0.717, 1.165) is 0 Å². The van der Waals surface area contributed by atoms with Crippen LogP contribution in [-0.4, -0.2) is 12.8 Å². The highest BCUT2D eigenvalue weighted by atomic mass is 16.3. The number of hydrogen-bond acceptors (Lipinski definition) is 1. The Balaban J connectivity index is 2.63. The summed E-state index contributed by atoms with van der Waals surface area (Å²) in [5.41, 5.74) is 0. The quantitative estimate of drug-likeness (QED) is 0.486. The molecule has 0 aliphatic heterocycles. The molecule has 6 heavy (non-hydrogen) atoms. The molecule has 0 aromatic rings. The van der Waals surface area contributed by atoms with Crippen molar-refractivity contribution in [3.63, 3.8) is 0 Å². The Bertz CT molecular complexity index is 28.7. The molecule has 0 aliphatic carbocycles. The normalized spacial score (nSPS) is 10.0. The Hall–Kier alpha value is -0.0800. The Morgan fingerprint density at radius 2 is 2.17 bits per heavy atom. The topological polar surface area (TPSA) is 31.9 Å². The zero-order valence-corrected chi connectivity index (χ0v) is 4.19. The lowest BCUT2D eigenvalue weighted by Gasteiger charge is -1.98. The predicted octanol–water partition coefficient (Wildman–Crippen LogP) is 0.372. The van der Waals surface area contributed by atoms with Gasteiger partial charge in [0.1, 0.15) is 6.73 Å². The lowest BCUT2D eigenvalue weighted by atomic mass is 10.4. The van der Waals surface area contributed by atoms with E-state index in [4.69, 9.17) is 0 Å². The minimum absolute atomic E-state index is 0.169. The van der Waals surface area contributed by atoms with Crippen LogP contribution in [0.2, 0.25) is 0 Å². The third-order valence-electron chi connectivity index (χ3n) is 0.492. The van der Waals surface area contributed by atoms with E-state index in [1.54, 1.807) is 0 Å². The van der Waals surface area contributed by atoms with Gasteiger partial charge in [-0.05, 0) is 13.8 Å². The predicted molar refractivity (Wildman–Crippen MR) is 23.8 cm³/mol. The fourth-order valence-corrected chi connectivity index (χ4v) is 0.167. The summed E-state index contributed by atoms with van der Waals surface area (Å²) in [4.78, 5) is 0. The Kier molecular flexibility index (Phi) is 3.08. The highest BCUT2D eigenvalue weighted by Gasteiger charge is 1.84. The van der Waals surface area contributed by atoms with Gasteiger partial charge in [0, 0.05) is 6.04 Å². The Labute approximate surface area is 38.2 Å². The molecule has 0 heterocycles. The van der Waals surface area contributed by atoms with Crippen molar-refractivity contribution in [2.75, 3.05) is 6.73 Å². The van der Waals surface area contributed by atoms with Crippen molar-refractivity contribution in [3.05, 3.63) is 0 Å². The molecular weight excluding hydrogens is 78.0 g/mol. The van der Waals surface area contributed by atoms with Gasteiger partial charge in [-0.2, -0.15) is 0 Å². The van der Waals surface area contributed by atoms with Gasteiger partial charge in [0.25, 0.3) is 0 Å². The molecule has 0 aromatic heterocycles. The van der Waals surface area contributed by atoms with Crippen molar-refractivity contribution in [3.8, 4) is 0 Å². The molecule has 0 saturated carbocycles. The van der Waals surface area contributed by atoms with Crippen molar-refractivity contribution in [2.24, 2.45) is 0 Å². The van der Waals surface area contributed by atoms with E-state index in [9.17, 15) is 5.11 Å². The molecule has 0 amide bonds. The van der Waals surface area contributed by atoms with Gasteiger partial charge < -0.3 is 0 Å². The molecular formula is C4H10NO. The van der Waals surface area contributed by atoms with Gasteiger partial charge in [-0.15, -0.1) is 0 Å². The lowest BCUT2D eigenvalue weighted by Crippen LogP contribution is -2.22. The smallest absolute Gasteiger partial charge is 0.133 e. The first kappa shape index (κ1) is 5.92. The van der Waals surface area contributed by atoms with Crippen LogP contribution in [0, 0.1) is 0 Å². The summed E-state index contributed by atoms with van der Waals surface area (Å²) in [7, 11) is 0. The summed E-state index contributed by atoms with van der Waals surface area (Å²) in [5.74, 6) is 0. The molecule has 0 atom stereocenters. The van der Waals surface area contributed by atoms with Crippen molar-refractivity contribution in [2.45, 2.75) is 19.9 Å². The molecule has 1 radical (unpaired) electrons. The first-order valence-corrected chi connectivity index (χ1v) is 2.09. The van der Waals surface area contributed by atoms with Crippen LogP contribution in [-0.2, 0) is 5.11 Å². The molecule has 37 valence electrons. The van der Waals surface area contributed by atoms with Crippen LogP contribution in [0.3, 0.4) is 0 Å². The molecule has 0 saturated heterocycles. The average molecular weight is 88.1 g/mol. The summed E-state index contributed by atoms with van der Waals surface area (Å²) >= 11 is 0. The fraction of sp³-hybridized carbons (Fsp3) is 1.00. The molecule has 0 spiro atoms. The largest absolute Gasteiger partial charge is 0.290 e. The van der Waals surface area contributed by atoms with Gasteiger partial charge in [0.15, 0.2) is 0 Å². The summed E-state index contributed by atoms with van der Waals surface area (Å²) < 4.78 is 0. The van der Waals surface area contributed by atoms with Crippen molar-refractivity contribution >= 4 is 0 Å². The summed E-state index contributed by atoms with van der Waals surface area (Å²) in [6.07, 6.45) is 0. The second-order valence-electron chi connectivity index (χ2n) is 1.50. The van der Waals surface area contributed by atoms with Crippen LogP contribution in [0.25, 0.3) is 0 Å². The van der Waals surface area contributed by atoms with E-state index in [2.05, 4.69) is 5.32 Å². The number of rotatable bonds is 2. The first-order chi connectivity index (χ1) is 2.77. The zero-order valence-electron chi connectivity index (χ0n) is 4.19. The Morgan fingerprint density at radius 1 is 1.67 bits per heavy atom. The minimum Gasteiger partial charge on any atom is -0.290 e. The minimum atomic E-state index is -0.169. The number of hydrogen-bond donors (Lipinski definition) is 1. The zero-order chi connectivity index (χ0) is 4.99. The molecule has 0 unspecified atom stereocenters. The van der Waals surface area contributed by atoms with Crippen LogP contribution in [0.1, 0.15) is 13.8 Å². The molecule has 0 bridgehead atoms. The first-order valence-electron chi connectivity index (χ1n) is 2.09. The lowest BCUT2D eigenvalue weighted by molar-refractivity contribution is 0.160. The molecule has 0 aromatic carbocycles. The summed E-state index contributed by atoms with van der Waals surface area (Å²) in [6.45, 7) is 3.72. The fourth-order valence-electron chi connectivity index (χ4n) is 0.167. The van der Waals surface area contributed by atoms with Crippen LogP contribution >= 0.6 is 0 Å². The SMILES string of the molecule is CC(C)NC[O]. The molecule has 1 N–H and O–H groups in total. The van der Waals surface area contributed by atoms with Gasteiger partial charge in [0.2, 0.25) is 0 Å². The molecule has 0 fully saturated rings. The van der Waals surface area contributed by atoms with E-state index in [-0.39, 0.29) is 6.73 Å². The van der Waals surface area contributed by atoms with E-state index in [1.165, 1.54) is 0 Å². The second kappa shape index (κ2) is 3.12. The monoisotopic (exact) mass is 88.1 g/mol. The van der Waals surface area contributed by atoms with Crippen molar-refractivity contribution in [1.82, 2.24) is 5.32 Å². The maximum Gasteiger partial charge on any atom is 0.133 e. The van der Waals surface area contributed by atoms with Crippen molar-refractivity contribution < 1.29 is 5.11 Å². The Morgan fingerprint density at radius 3 is 2.17 bits per heavy atom. The summed E-state index contributed by atoms with van der Waals surface area (Å²) in [5, 5.41) is 12.3. The van der Waals surface area contributed by atoms with Gasteiger partial charge in [0.05, 0.1) is 0 Å². The third-order valence-corrected chi connectivity index (χ3v) is 0.492. The maximum atomic E-state index is 9.63. The van der Waals surface area contributed by atoms with E-state index < -0.39 is 0 Å². The van der Waals surface area contributed by atoms with Crippen LogP contribution in [0.4, 0.5) is 0 Å².